The molecule has 0 bridgehead atoms. The molecule has 0 saturated carbocycles. The number of methoxy groups -OCH3 is 1. The van der Waals surface area contributed by atoms with E-state index in [1.54, 1.807) is 31.2 Å². The van der Waals surface area contributed by atoms with E-state index in [2.05, 4.69) is 14.7 Å². The van der Waals surface area contributed by atoms with Crippen molar-refractivity contribution in [3.63, 3.8) is 0 Å². The number of hydrogen-bond donors (Lipinski definition) is 1. The topological polar surface area (TPSA) is 98.7 Å². The van der Waals surface area contributed by atoms with Crippen LogP contribution in [0.1, 0.15) is 11.5 Å². The average Bonchev–Trinajstić information content (AvgIpc) is 3.45. The molecule has 0 amide bonds. The maximum Gasteiger partial charge on any atom is 0.262 e. The summed E-state index contributed by atoms with van der Waals surface area (Å²) in [5.74, 6) is 0.947. The van der Waals surface area contributed by atoms with Crippen LogP contribution in [0.4, 0.5) is 5.69 Å². The third kappa shape index (κ3) is 4.13. The molecule has 172 valence electrons. The molecule has 34 heavy (non-hydrogen) atoms. The number of hydrogen-bond acceptors (Lipinski definition) is 6. The van der Waals surface area contributed by atoms with Gasteiger partial charge in [-0.25, -0.2) is 18.4 Å². The van der Waals surface area contributed by atoms with Crippen LogP contribution in [-0.2, 0) is 10.0 Å². The minimum atomic E-state index is -3.87. The first kappa shape index (κ1) is 21.7. The lowest BCUT2D eigenvalue weighted by Gasteiger charge is -2.13. The first-order valence-electron chi connectivity index (χ1n) is 10.5. The predicted molar refractivity (Wildman–Crippen MR) is 129 cm³/mol. The number of anilines is 1. The second kappa shape index (κ2) is 8.35. The van der Waals surface area contributed by atoms with Crippen molar-refractivity contribution in [3.8, 4) is 28.3 Å². The van der Waals surface area contributed by atoms with Gasteiger partial charge in [-0.2, -0.15) is 0 Å². The number of imidazole rings is 1. The molecule has 8 nitrogen and oxygen atoms in total. The summed E-state index contributed by atoms with van der Waals surface area (Å²) < 4.78 is 41.5. The Balaban J connectivity index is 1.46. The van der Waals surface area contributed by atoms with Gasteiger partial charge >= 0.3 is 0 Å². The highest BCUT2D eigenvalue weighted by Crippen LogP contribution is 2.32. The van der Waals surface area contributed by atoms with Gasteiger partial charge in [-0.3, -0.25) is 4.72 Å². The first-order valence-corrected chi connectivity index (χ1v) is 12.0. The van der Waals surface area contributed by atoms with E-state index in [4.69, 9.17) is 9.15 Å². The average molecular weight is 475 g/mol. The molecule has 0 atom stereocenters. The third-order valence-electron chi connectivity index (χ3n) is 5.43. The smallest absolute Gasteiger partial charge is 0.262 e. The molecule has 5 rings (SSSR count). The number of rotatable bonds is 6. The maximum atomic E-state index is 13.1. The molecular formula is C25H22N4O4S. The summed E-state index contributed by atoms with van der Waals surface area (Å²) in [6, 6.07) is 15.7. The Bertz CT molecular complexity index is 1600. The van der Waals surface area contributed by atoms with E-state index < -0.39 is 10.0 Å². The molecule has 3 aromatic heterocycles. The Hall–Kier alpha value is -4.11. The van der Waals surface area contributed by atoms with Crippen molar-refractivity contribution in [1.29, 1.82) is 0 Å². The fraction of sp³-hybridized carbons (Fsp3) is 0.120. The van der Waals surface area contributed by atoms with Crippen LogP contribution in [0.3, 0.4) is 0 Å². The maximum absolute atomic E-state index is 13.1. The molecule has 1 N–H and O–H groups in total. The molecule has 0 aliphatic carbocycles. The largest absolute Gasteiger partial charge is 0.495 e. The van der Waals surface area contributed by atoms with Gasteiger partial charge in [0.25, 0.3) is 10.0 Å². The highest BCUT2D eigenvalue weighted by Gasteiger charge is 2.18. The van der Waals surface area contributed by atoms with Gasteiger partial charge in [0, 0.05) is 30.4 Å². The van der Waals surface area contributed by atoms with E-state index in [1.807, 2.05) is 41.9 Å². The second-order valence-corrected chi connectivity index (χ2v) is 9.57. The molecule has 0 aliphatic rings. The van der Waals surface area contributed by atoms with E-state index in [0.29, 0.717) is 23.0 Å². The number of benzene rings is 2. The van der Waals surface area contributed by atoms with Gasteiger partial charge < -0.3 is 13.6 Å². The van der Waals surface area contributed by atoms with Crippen LogP contribution in [0.5, 0.6) is 5.75 Å². The van der Waals surface area contributed by atoms with E-state index >= 15 is 0 Å². The van der Waals surface area contributed by atoms with Crippen LogP contribution in [-0.4, -0.2) is 29.9 Å². The Kier molecular flexibility index (Phi) is 5.33. The van der Waals surface area contributed by atoms with Gasteiger partial charge in [-0.05, 0) is 55.0 Å². The lowest BCUT2D eigenvalue weighted by Crippen LogP contribution is -2.13. The summed E-state index contributed by atoms with van der Waals surface area (Å²) in [4.78, 5) is 9.05. The highest BCUT2D eigenvalue weighted by molar-refractivity contribution is 7.92. The normalized spacial score (nSPS) is 11.6. The summed E-state index contributed by atoms with van der Waals surface area (Å²) in [7, 11) is -2.37. The van der Waals surface area contributed by atoms with Gasteiger partial charge in [0.05, 0.1) is 23.4 Å². The Morgan fingerprint density at radius 3 is 2.41 bits per heavy atom. The van der Waals surface area contributed by atoms with Crippen molar-refractivity contribution in [2.45, 2.75) is 18.7 Å². The quantitative estimate of drug-likeness (QED) is 0.368. The Morgan fingerprint density at radius 2 is 1.71 bits per heavy atom. The second-order valence-electron chi connectivity index (χ2n) is 7.89. The molecule has 9 heteroatoms. The van der Waals surface area contributed by atoms with Gasteiger partial charge in [-0.1, -0.05) is 12.1 Å². The lowest BCUT2D eigenvalue weighted by atomic mass is 10.1. The Labute approximate surface area is 196 Å². The molecule has 2 aromatic carbocycles. The van der Waals surface area contributed by atoms with Crippen molar-refractivity contribution >= 4 is 21.4 Å². The summed E-state index contributed by atoms with van der Waals surface area (Å²) >= 11 is 0. The van der Waals surface area contributed by atoms with Gasteiger partial charge in [0.2, 0.25) is 0 Å². The van der Waals surface area contributed by atoms with Gasteiger partial charge in [0.15, 0.2) is 5.89 Å². The van der Waals surface area contributed by atoms with Crippen molar-refractivity contribution in [1.82, 2.24) is 14.4 Å². The fourth-order valence-corrected chi connectivity index (χ4v) is 4.74. The number of aromatic nitrogens is 3. The number of oxazole rings is 1. The van der Waals surface area contributed by atoms with Gasteiger partial charge in [-0.15, -0.1) is 0 Å². The Morgan fingerprint density at radius 1 is 0.941 bits per heavy atom. The van der Waals surface area contributed by atoms with Crippen LogP contribution < -0.4 is 9.46 Å². The standard InChI is InChI=1S/C25H22N4O4S/c1-16-10-11-29-14-22(27-25(29)12-16)19-6-9-24(32-3)21(13-19)28-34(30,31)20-7-4-18(5-8-20)23-15-33-17(2)26-23/h4-15,28H,1-3H3. The number of nitrogens with zero attached hydrogens (tertiary/aromatic N) is 3. The zero-order valence-corrected chi connectivity index (χ0v) is 19.6. The van der Waals surface area contributed by atoms with E-state index in [9.17, 15) is 8.42 Å². The number of fused-ring (bicyclic) bond motifs is 1. The molecule has 0 fully saturated rings. The highest BCUT2D eigenvalue weighted by atomic mass is 32.2. The minimum Gasteiger partial charge on any atom is -0.495 e. The van der Waals surface area contributed by atoms with Crippen molar-refractivity contribution in [2.24, 2.45) is 0 Å². The zero-order chi connectivity index (χ0) is 23.9. The van der Waals surface area contributed by atoms with E-state index in [1.165, 1.54) is 25.5 Å². The fourth-order valence-electron chi connectivity index (χ4n) is 3.67. The molecule has 0 saturated heterocycles. The van der Waals surface area contributed by atoms with Crippen molar-refractivity contribution in [3.05, 3.63) is 84.7 Å². The monoisotopic (exact) mass is 474 g/mol. The van der Waals surface area contributed by atoms with Crippen LogP contribution in [0.2, 0.25) is 0 Å². The van der Waals surface area contributed by atoms with Crippen molar-refractivity contribution in [2.75, 3.05) is 11.8 Å². The number of nitrogens with one attached hydrogen (secondary N) is 1. The van der Waals surface area contributed by atoms with E-state index in [-0.39, 0.29) is 4.90 Å². The molecule has 5 aromatic rings. The molecule has 0 unspecified atom stereocenters. The van der Waals surface area contributed by atoms with Gasteiger partial charge in [0.1, 0.15) is 23.4 Å². The van der Waals surface area contributed by atoms with Crippen LogP contribution in [0.15, 0.2) is 82.6 Å². The SMILES string of the molecule is COc1ccc(-c2cn3ccc(C)cc3n2)cc1NS(=O)(=O)c1ccc(-c2coc(C)n2)cc1. The number of pyridine rings is 1. The van der Waals surface area contributed by atoms with Crippen molar-refractivity contribution < 1.29 is 17.6 Å². The zero-order valence-electron chi connectivity index (χ0n) is 18.8. The number of sulfonamides is 1. The molecule has 0 aliphatic heterocycles. The summed E-state index contributed by atoms with van der Waals surface area (Å²) in [6.07, 6.45) is 5.38. The molecule has 0 radical (unpaired) electrons. The molecule has 0 spiro atoms. The predicted octanol–water partition coefficient (Wildman–Crippen LogP) is 5.08. The van der Waals surface area contributed by atoms with Crippen LogP contribution in [0, 0.1) is 13.8 Å². The minimum absolute atomic E-state index is 0.118. The summed E-state index contributed by atoms with van der Waals surface area (Å²) in [5, 5.41) is 0. The summed E-state index contributed by atoms with van der Waals surface area (Å²) in [5.41, 5.74) is 5.14. The lowest BCUT2D eigenvalue weighted by molar-refractivity contribution is 0.417. The summed E-state index contributed by atoms with van der Waals surface area (Å²) in [6.45, 7) is 3.76. The third-order valence-corrected chi connectivity index (χ3v) is 6.82. The molecular weight excluding hydrogens is 452 g/mol. The van der Waals surface area contributed by atoms with Crippen LogP contribution in [0.25, 0.3) is 28.2 Å². The first-order chi connectivity index (χ1) is 16.3. The van der Waals surface area contributed by atoms with E-state index in [0.717, 1.165) is 28.0 Å². The van der Waals surface area contributed by atoms with Crippen LogP contribution >= 0.6 is 0 Å². The number of ether oxygens (including phenoxy) is 1. The number of aryl methyl sites for hydroxylation is 2. The molecule has 3 heterocycles.